The predicted molar refractivity (Wildman–Crippen MR) is 105 cm³/mol. The van der Waals surface area contributed by atoms with Crippen molar-refractivity contribution in [1.82, 2.24) is 19.4 Å². The van der Waals surface area contributed by atoms with Gasteiger partial charge in [0.25, 0.3) is 17.4 Å². The quantitative estimate of drug-likeness (QED) is 0.400. The van der Waals surface area contributed by atoms with Crippen LogP contribution in [0.5, 0.6) is 5.88 Å². The average molecular weight is 387 g/mol. The minimum absolute atomic E-state index is 0.103. The molecule has 1 fully saturated rings. The van der Waals surface area contributed by atoms with E-state index in [2.05, 4.69) is 0 Å². The summed E-state index contributed by atoms with van der Waals surface area (Å²) < 4.78 is 2.83. The zero-order valence-electron chi connectivity index (χ0n) is 17.1. The highest BCUT2D eigenvalue weighted by Gasteiger charge is 2.38. The van der Waals surface area contributed by atoms with E-state index in [0.29, 0.717) is 31.8 Å². The Bertz CT molecular complexity index is 893. The van der Waals surface area contributed by atoms with Crippen molar-refractivity contribution in [3.05, 3.63) is 45.3 Å². The third-order valence-electron chi connectivity index (χ3n) is 4.67. The predicted octanol–water partition coefficient (Wildman–Crippen LogP) is 1.27. The second-order valence-corrected chi connectivity index (χ2v) is 6.32. The van der Waals surface area contributed by atoms with E-state index in [4.69, 9.17) is 0 Å². The molecule has 8 nitrogen and oxygen atoms in total. The molecule has 1 aromatic rings. The number of hydrazine groups is 1. The van der Waals surface area contributed by atoms with Crippen molar-refractivity contribution in [2.75, 3.05) is 13.1 Å². The minimum atomic E-state index is -0.324. The molecular weight excluding hydrogens is 360 g/mol. The fraction of sp³-hybridized carbons (Fsp3) is 0.450. The number of amides is 2. The maximum Gasteiger partial charge on any atom is 0.278 e. The van der Waals surface area contributed by atoms with Crippen LogP contribution in [0.4, 0.5) is 0 Å². The summed E-state index contributed by atoms with van der Waals surface area (Å²) in [6.07, 6.45) is 6.24. The number of nitrogens with zero attached hydrogens (tertiary/aromatic N) is 4. The van der Waals surface area contributed by atoms with Crippen molar-refractivity contribution in [3.8, 4) is 5.88 Å². The number of aromatic nitrogens is 2. The van der Waals surface area contributed by atoms with Gasteiger partial charge in [0.2, 0.25) is 0 Å². The Labute approximate surface area is 164 Å². The maximum atomic E-state index is 12.4. The summed E-state index contributed by atoms with van der Waals surface area (Å²) in [7, 11) is 0. The Hall–Kier alpha value is -3.03. The van der Waals surface area contributed by atoms with Gasteiger partial charge in [-0.1, -0.05) is 17.7 Å². The molecule has 8 heteroatoms. The van der Waals surface area contributed by atoms with E-state index in [1.807, 2.05) is 27.7 Å². The lowest BCUT2D eigenvalue weighted by molar-refractivity contribution is -0.280. The van der Waals surface area contributed by atoms with Crippen LogP contribution >= 0.6 is 0 Å². The Kier molecular flexibility index (Phi) is 6.66. The first-order valence-corrected chi connectivity index (χ1v) is 9.53. The van der Waals surface area contributed by atoms with Crippen molar-refractivity contribution in [3.63, 3.8) is 0 Å². The van der Waals surface area contributed by atoms with Crippen molar-refractivity contribution in [1.29, 1.82) is 0 Å². The molecule has 0 saturated carbocycles. The van der Waals surface area contributed by atoms with Crippen molar-refractivity contribution in [2.24, 2.45) is 0 Å². The summed E-state index contributed by atoms with van der Waals surface area (Å²) >= 11 is 0. The first-order chi connectivity index (χ1) is 13.3. The second-order valence-electron chi connectivity index (χ2n) is 6.32. The van der Waals surface area contributed by atoms with E-state index in [9.17, 15) is 19.5 Å². The first-order valence-electron chi connectivity index (χ1n) is 9.53. The molecule has 1 aliphatic rings. The molecule has 1 aromatic heterocycles. The number of hydrogen-bond acceptors (Lipinski definition) is 4. The molecule has 0 aromatic carbocycles. The summed E-state index contributed by atoms with van der Waals surface area (Å²) in [5, 5.41) is 15.2. The van der Waals surface area contributed by atoms with Crippen LogP contribution in [0.3, 0.4) is 0 Å². The smallest absolute Gasteiger partial charge is 0.278 e. The Morgan fingerprint density at radius 2 is 1.43 bits per heavy atom. The highest BCUT2D eigenvalue weighted by molar-refractivity contribution is 6.22. The minimum Gasteiger partial charge on any atom is -0.858 e. The van der Waals surface area contributed by atoms with Crippen LogP contribution in [0.1, 0.15) is 40.2 Å². The molecule has 0 aliphatic carbocycles. The number of allylic oxidation sites excluding steroid dienone is 4. The lowest BCUT2D eigenvalue weighted by atomic mass is 10.1. The molecule has 152 valence electrons. The molecule has 1 saturated heterocycles. The zero-order valence-corrected chi connectivity index (χ0v) is 17.1. The summed E-state index contributed by atoms with van der Waals surface area (Å²) in [6.45, 7) is 10.7. The lowest BCUT2D eigenvalue weighted by Gasteiger charge is -2.24. The van der Waals surface area contributed by atoms with Gasteiger partial charge in [-0.2, -0.15) is 0 Å². The van der Waals surface area contributed by atoms with Gasteiger partial charge < -0.3 is 5.11 Å². The molecule has 0 radical (unpaired) electrons. The standard InChI is InChI=1S/C20H28N4O4/c1-6-21-17(25)15(18(26)22(21)7-2)12-10-14(5)11-13-16-19(27)23(8-3)24(9-4)20(16)28/h10-13,25H,6-9H2,1-5H3/p-1/b12-10+,14-11+. The second kappa shape index (κ2) is 8.77. The molecule has 2 rings (SSSR count). The highest BCUT2D eigenvalue weighted by Crippen LogP contribution is 2.19. The monoisotopic (exact) mass is 387 g/mol. The lowest BCUT2D eigenvalue weighted by Crippen LogP contribution is -2.40. The van der Waals surface area contributed by atoms with E-state index in [1.54, 1.807) is 19.1 Å². The third kappa shape index (κ3) is 3.67. The molecule has 0 bridgehead atoms. The Balaban J connectivity index is 2.30. The van der Waals surface area contributed by atoms with Crippen LogP contribution in [-0.4, -0.2) is 44.3 Å². The highest BCUT2D eigenvalue weighted by atomic mass is 16.3. The van der Waals surface area contributed by atoms with Crippen LogP contribution in [0.15, 0.2) is 34.2 Å². The number of rotatable bonds is 7. The molecule has 28 heavy (non-hydrogen) atoms. The van der Waals surface area contributed by atoms with Crippen molar-refractivity contribution < 1.29 is 14.7 Å². The molecule has 2 amide bonds. The van der Waals surface area contributed by atoms with Gasteiger partial charge in [-0.15, -0.1) is 0 Å². The number of carbonyl (C=O) groups is 2. The largest absolute Gasteiger partial charge is 0.858 e. The Morgan fingerprint density at radius 3 is 1.86 bits per heavy atom. The SMILES string of the molecule is CCN1C(=O)C(=C/C=C(C)/C=C/c2c([O-])n(CC)n(CC)c2=O)C(=O)N1CC. The summed E-state index contributed by atoms with van der Waals surface area (Å²) in [6, 6.07) is 0. The molecule has 0 unspecified atom stereocenters. The van der Waals surface area contributed by atoms with Gasteiger partial charge in [-0.3, -0.25) is 23.7 Å². The topological polar surface area (TPSA) is 90.6 Å². The molecule has 0 N–H and O–H groups in total. The van der Waals surface area contributed by atoms with Crippen molar-refractivity contribution >= 4 is 17.9 Å². The molecular formula is C20H27N4O4-. The van der Waals surface area contributed by atoms with Gasteiger partial charge in [-0.25, -0.2) is 10.0 Å². The van der Waals surface area contributed by atoms with E-state index in [-0.39, 0.29) is 34.4 Å². The van der Waals surface area contributed by atoms with E-state index in [1.165, 1.54) is 31.5 Å². The van der Waals surface area contributed by atoms with Gasteiger partial charge >= 0.3 is 0 Å². The van der Waals surface area contributed by atoms with E-state index in [0.717, 1.165) is 0 Å². The summed E-state index contributed by atoms with van der Waals surface area (Å²) in [5.74, 6) is -0.972. The first kappa shape index (κ1) is 21.3. The van der Waals surface area contributed by atoms with E-state index >= 15 is 0 Å². The van der Waals surface area contributed by atoms with Crippen LogP contribution in [0.25, 0.3) is 6.08 Å². The molecule has 0 spiro atoms. The third-order valence-corrected chi connectivity index (χ3v) is 4.67. The van der Waals surface area contributed by atoms with Crippen LogP contribution in [0, 0.1) is 0 Å². The molecule has 2 heterocycles. The fourth-order valence-electron chi connectivity index (χ4n) is 3.21. The fourth-order valence-corrected chi connectivity index (χ4v) is 3.21. The van der Waals surface area contributed by atoms with Crippen LogP contribution in [0.2, 0.25) is 0 Å². The Morgan fingerprint density at radius 1 is 0.893 bits per heavy atom. The molecule has 0 atom stereocenters. The molecule has 1 aliphatic heterocycles. The average Bonchev–Trinajstić information content (AvgIpc) is 3.06. The number of hydrogen-bond donors (Lipinski definition) is 0. The number of likely N-dealkylation sites (N-methyl/N-ethyl adjacent to an activating group) is 2. The van der Waals surface area contributed by atoms with Gasteiger partial charge in [0.15, 0.2) is 0 Å². The summed E-state index contributed by atoms with van der Waals surface area (Å²) in [5.41, 5.74) is 0.588. The van der Waals surface area contributed by atoms with Crippen LogP contribution in [-0.2, 0) is 22.7 Å². The summed E-state index contributed by atoms with van der Waals surface area (Å²) in [4.78, 5) is 37.1. The number of carbonyl (C=O) groups excluding carboxylic acids is 2. The van der Waals surface area contributed by atoms with Gasteiger partial charge in [-0.05, 0) is 52.7 Å². The van der Waals surface area contributed by atoms with Crippen LogP contribution < -0.4 is 10.7 Å². The van der Waals surface area contributed by atoms with Gasteiger partial charge in [0.1, 0.15) is 5.57 Å². The zero-order chi connectivity index (χ0) is 21.0. The van der Waals surface area contributed by atoms with Gasteiger partial charge in [0.05, 0.1) is 5.56 Å². The van der Waals surface area contributed by atoms with Crippen molar-refractivity contribution in [2.45, 2.75) is 47.7 Å². The van der Waals surface area contributed by atoms with E-state index < -0.39 is 0 Å². The normalized spacial score (nSPS) is 15.5. The maximum absolute atomic E-state index is 12.4. The van der Waals surface area contributed by atoms with Gasteiger partial charge in [0, 0.05) is 26.2 Å².